The number of aryl methyl sites for hydroxylation is 5. The molecule has 4 nitrogen and oxygen atoms in total. The largest absolute Gasteiger partial charge is 0.458 e. The molecule has 0 spiro atoms. The summed E-state index contributed by atoms with van der Waals surface area (Å²) < 4.78 is 20.4. The molecule has 0 unspecified atom stereocenters. The minimum Gasteiger partial charge on any atom is -0.458 e. The van der Waals surface area contributed by atoms with Crippen molar-refractivity contribution in [3.8, 4) is 23.0 Å². The fourth-order valence-corrected chi connectivity index (χ4v) is 7.96. The van der Waals surface area contributed by atoms with Crippen LogP contribution in [0.25, 0.3) is 21.9 Å². The van der Waals surface area contributed by atoms with Crippen molar-refractivity contribution < 1.29 is 13.9 Å². The summed E-state index contributed by atoms with van der Waals surface area (Å²) in [6.07, 6.45) is 3.39. The normalized spacial score (nSPS) is 13.9. The zero-order valence-electron chi connectivity index (χ0n) is 26.7. The van der Waals surface area contributed by atoms with Crippen molar-refractivity contribution in [2.24, 2.45) is 0 Å². The van der Waals surface area contributed by atoms with Crippen molar-refractivity contribution in [3.63, 3.8) is 0 Å². The summed E-state index contributed by atoms with van der Waals surface area (Å²) in [5.41, 5.74) is 14.8. The summed E-state index contributed by atoms with van der Waals surface area (Å²) in [6.45, 7) is 6.34. The molecule has 0 fully saturated rings. The van der Waals surface area contributed by atoms with Gasteiger partial charge in [-0.25, -0.2) is 0 Å². The lowest BCUT2D eigenvalue weighted by atomic mass is 9.34. The van der Waals surface area contributed by atoms with Gasteiger partial charge in [0.05, 0.1) is 5.69 Å². The van der Waals surface area contributed by atoms with E-state index in [0.717, 1.165) is 85.8 Å². The van der Waals surface area contributed by atoms with Gasteiger partial charge in [0.1, 0.15) is 34.2 Å². The average Bonchev–Trinajstić information content (AvgIpc) is 3.70. The minimum absolute atomic E-state index is 0.0445. The molecular formula is C42H32BNO3. The van der Waals surface area contributed by atoms with Gasteiger partial charge >= 0.3 is 0 Å². The Morgan fingerprint density at radius 1 is 0.553 bits per heavy atom. The first-order chi connectivity index (χ1) is 23.0. The molecule has 1 aliphatic carbocycles. The van der Waals surface area contributed by atoms with E-state index in [9.17, 15) is 0 Å². The number of hydrogen-bond donors (Lipinski definition) is 0. The molecule has 0 radical (unpaired) electrons. The van der Waals surface area contributed by atoms with Crippen molar-refractivity contribution >= 4 is 62.1 Å². The maximum Gasteiger partial charge on any atom is 0.260 e. The second kappa shape index (κ2) is 9.79. The van der Waals surface area contributed by atoms with Crippen LogP contribution in [0.1, 0.15) is 34.2 Å². The maximum atomic E-state index is 6.94. The molecule has 0 saturated heterocycles. The van der Waals surface area contributed by atoms with E-state index in [1.165, 1.54) is 39.6 Å². The lowest BCUT2D eigenvalue weighted by molar-refractivity contribution is 0.465. The zero-order valence-corrected chi connectivity index (χ0v) is 26.7. The second-order valence-electron chi connectivity index (χ2n) is 13.5. The number of ether oxygens (including phenoxy) is 2. The highest BCUT2D eigenvalue weighted by molar-refractivity contribution is 6.98. The van der Waals surface area contributed by atoms with Gasteiger partial charge in [0.25, 0.3) is 6.71 Å². The van der Waals surface area contributed by atoms with Crippen LogP contribution in [0.5, 0.6) is 23.0 Å². The highest BCUT2D eigenvalue weighted by atomic mass is 16.5. The third kappa shape index (κ3) is 4.02. The van der Waals surface area contributed by atoms with Crippen LogP contribution in [0.3, 0.4) is 0 Å². The predicted octanol–water partition coefficient (Wildman–Crippen LogP) is 9.20. The smallest absolute Gasteiger partial charge is 0.260 e. The first kappa shape index (κ1) is 26.8. The Morgan fingerprint density at radius 3 is 1.94 bits per heavy atom. The molecule has 0 atom stereocenters. The van der Waals surface area contributed by atoms with Crippen LogP contribution in [0.15, 0.2) is 108 Å². The van der Waals surface area contributed by atoms with Crippen LogP contribution in [-0.4, -0.2) is 6.71 Å². The molecule has 3 aliphatic rings. The third-order valence-electron chi connectivity index (χ3n) is 10.3. The fraction of sp³-hybridized carbons (Fsp3) is 0.143. The van der Waals surface area contributed by atoms with Gasteiger partial charge in [-0.3, -0.25) is 0 Å². The molecule has 3 heterocycles. The molecule has 5 heteroatoms. The van der Waals surface area contributed by atoms with Gasteiger partial charge in [0.2, 0.25) is 0 Å². The lowest BCUT2D eigenvalue weighted by Gasteiger charge is -2.35. The standard InChI is InChI=1S/C42H32BNO3/c1-24-7-13-28(14-8-24)44(29-15-9-25(2)10-16-29)30-20-39-41-40(21-30)46-38-22-33-32-17-12-27-5-4-6-31(27)42(32)47-37(33)23-35(38)43(41)34-19-26(3)11-18-36(34)45-39/h7-23H,4-6H2,1-3H3. The summed E-state index contributed by atoms with van der Waals surface area (Å²) in [5, 5.41) is 2.27. The summed E-state index contributed by atoms with van der Waals surface area (Å²) in [7, 11) is 0. The SMILES string of the molecule is Cc1ccc(N(c2ccc(C)cc2)c2cc3c4c(c2)Oc2cc5c(cc2B4c2cc(C)ccc2O3)oc2c3c(ccc25)CCC3)cc1. The molecule has 0 saturated carbocycles. The fourth-order valence-electron chi connectivity index (χ4n) is 7.96. The van der Waals surface area contributed by atoms with E-state index in [1.54, 1.807) is 0 Å². The lowest BCUT2D eigenvalue weighted by Crippen LogP contribution is -2.57. The Bertz CT molecular complexity index is 2380. The van der Waals surface area contributed by atoms with Gasteiger partial charge in [-0.05, 0) is 105 Å². The van der Waals surface area contributed by atoms with Crippen LogP contribution in [0, 0.1) is 20.8 Å². The summed E-state index contributed by atoms with van der Waals surface area (Å²) >= 11 is 0. The first-order valence-electron chi connectivity index (χ1n) is 16.6. The van der Waals surface area contributed by atoms with Crippen molar-refractivity contribution in [1.82, 2.24) is 0 Å². The third-order valence-corrected chi connectivity index (χ3v) is 10.3. The first-order valence-corrected chi connectivity index (χ1v) is 16.6. The number of anilines is 3. The molecule has 10 rings (SSSR count). The van der Waals surface area contributed by atoms with Gasteiger partial charge in [0, 0.05) is 39.7 Å². The number of rotatable bonds is 3. The quantitative estimate of drug-likeness (QED) is 0.187. The molecule has 7 aromatic rings. The van der Waals surface area contributed by atoms with E-state index in [-0.39, 0.29) is 6.71 Å². The second-order valence-corrected chi connectivity index (χ2v) is 13.5. The summed E-state index contributed by atoms with van der Waals surface area (Å²) in [6, 6.07) is 37.1. The van der Waals surface area contributed by atoms with Gasteiger partial charge < -0.3 is 18.8 Å². The average molecular weight is 610 g/mol. The van der Waals surface area contributed by atoms with Crippen molar-refractivity contribution in [3.05, 3.63) is 131 Å². The predicted molar refractivity (Wildman–Crippen MR) is 192 cm³/mol. The number of fused-ring (bicyclic) bond motifs is 9. The van der Waals surface area contributed by atoms with Gasteiger partial charge in [-0.15, -0.1) is 0 Å². The van der Waals surface area contributed by atoms with Crippen LogP contribution in [-0.2, 0) is 12.8 Å². The summed E-state index contributed by atoms with van der Waals surface area (Å²) in [4.78, 5) is 2.28. The number of nitrogens with zero attached hydrogens (tertiary/aromatic N) is 1. The Hall–Kier alpha value is -5.42. The molecule has 1 aromatic heterocycles. The maximum absolute atomic E-state index is 6.94. The van der Waals surface area contributed by atoms with Gasteiger partial charge in [-0.2, -0.15) is 0 Å². The van der Waals surface area contributed by atoms with E-state index < -0.39 is 0 Å². The Morgan fingerprint density at radius 2 is 1.21 bits per heavy atom. The van der Waals surface area contributed by atoms with E-state index >= 15 is 0 Å². The van der Waals surface area contributed by atoms with Crippen LogP contribution in [0.2, 0.25) is 0 Å². The molecule has 47 heavy (non-hydrogen) atoms. The molecule has 2 aliphatic heterocycles. The monoisotopic (exact) mass is 609 g/mol. The van der Waals surface area contributed by atoms with E-state index in [4.69, 9.17) is 13.9 Å². The van der Waals surface area contributed by atoms with Crippen LogP contribution >= 0.6 is 0 Å². The van der Waals surface area contributed by atoms with Crippen LogP contribution in [0.4, 0.5) is 17.1 Å². The van der Waals surface area contributed by atoms with Gasteiger partial charge in [0.15, 0.2) is 0 Å². The molecular weight excluding hydrogens is 577 g/mol. The van der Waals surface area contributed by atoms with E-state index in [0.29, 0.717) is 0 Å². The van der Waals surface area contributed by atoms with E-state index in [2.05, 4.69) is 129 Å². The van der Waals surface area contributed by atoms with Crippen LogP contribution < -0.4 is 30.8 Å². The van der Waals surface area contributed by atoms with E-state index in [1.807, 2.05) is 0 Å². The van der Waals surface area contributed by atoms with Crippen molar-refractivity contribution in [2.45, 2.75) is 40.0 Å². The summed E-state index contributed by atoms with van der Waals surface area (Å²) in [5.74, 6) is 3.38. The minimum atomic E-state index is -0.0445. The molecule has 226 valence electrons. The van der Waals surface area contributed by atoms with Crippen molar-refractivity contribution in [1.29, 1.82) is 0 Å². The molecule has 0 bridgehead atoms. The number of hydrogen-bond acceptors (Lipinski definition) is 4. The highest BCUT2D eigenvalue weighted by Gasteiger charge is 2.41. The molecule has 0 amide bonds. The Balaban J connectivity index is 1.21. The van der Waals surface area contributed by atoms with Crippen molar-refractivity contribution in [2.75, 3.05) is 4.90 Å². The molecule has 0 N–H and O–H groups in total. The highest BCUT2D eigenvalue weighted by Crippen LogP contribution is 2.44. The Labute approximate surface area is 274 Å². The molecule has 6 aromatic carbocycles. The number of furan rings is 1. The zero-order chi connectivity index (χ0) is 31.4. The topological polar surface area (TPSA) is 34.8 Å². The van der Waals surface area contributed by atoms with Gasteiger partial charge in [-0.1, -0.05) is 65.2 Å². The Kier molecular flexibility index (Phi) is 5.58. The number of benzene rings is 6.